The quantitative estimate of drug-likeness (QED) is 0.262. The summed E-state index contributed by atoms with van der Waals surface area (Å²) in [6, 6.07) is 12.9. The fourth-order valence-electron chi connectivity index (χ4n) is 3.42. The fraction of sp³-hybridized carbons (Fsp3) is 0.261. The third-order valence-electron chi connectivity index (χ3n) is 5.11. The Morgan fingerprint density at radius 1 is 1.00 bits per heavy atom. The Labute approximate surface area is 191 Å². The van der Waals surface area contributed by atoms with E-state index in [9.17, 15) is 19.7 Å². The SMILES string of the molecule is O=C(/C=C/c1ccc([N+](=O)[O-])cc1)NC(=S)Nc1ccc(C(=O)NC2CCCCC2)cc1. The first-order chi connectivity index (χ1) is 15.4. The summed E-state index contributed by atoms with van der Waals surface area (Å²) in [6.45, 7) is 0. The maximum absolute atomic E-state index is 12.4. The average molecular weight is 453 g/mol. The highest BCUT2D eigenvalue weighted by atomic mass is 32.1. The fourth-order valence-corrected chi connectivity index (χ4v) is 3.63. The molecule has 1 aliphatic carbocycles. The minimum absolute atomic E-state index is 0.0190. The summed E-state index contributed by atoms with van der Waals surface area (Å²) >= 11 is 5.15. The number of nitro benzene ring substituents is 1. The van der Waals surface area contributed by atoms with E-state index in [-0.39, 0.29) is 22.7 Å². The Morgan fingerprint density at radius 2 is 1.66 bits per heavy atom. The van der Waals surface area contributed by atoms with Crippen LogP contribution in [-0.2, 0) is 4.79 Å². The van der Waals surface area contributed by atoms with Crippen molar-refractivity contribution in [3.8, 4) is 0 Å². The van der Waals surface area contributed by atoms with Crippen molar-refractivity contribution in [1.29, 1.82) is 0 Å². The zero-order chi connectivity index (χ0) is 22.9. The van der Waals surface area contributed by atoms with Crippen molar-refractivity contribution < 1.29 is 14.5 Å². The number of nitro groups is 1. The number of carbonyl (C=O) groups excluding carboxylic acids is 2. The second-order valence-corrected chi connectivity index (χ2v) is 7.92. The van der Waals surface area contributed by atoms with Gasteiger partial charge in [0.2, 0.25) is 5.91 Å². The van der Waals surface area contributed by atoms with Gasteiger partial charge >= 0.3 is 0 Å². The number of benzene rings is 2. The van der Waals surface area contributed by atoms with Gasteiger partial charge in [0.05, 0.1) is 4.92 Å². The molecule has 2 amide bonds. The van der Waals surface area contributed by atoms with Gasteiger partial charge in [-0.25, -0.2) is 0 Å². The Morgan fingerprint density at radius 3 is 2.28 bits per heavy atom. The van der Waals surface area contributed by atoms with E-state index in [4.69, 9.17) is 12.2 Å². The highest BCUT2D eigenvalue weighted by Gasteiger charge is 2.16. The van der Waals surface area contributed by atoms with E-state index in [0.717, 1.165) is 25.7 Å². The number of amides is 2. The molecule has 9 heteroatoms. The first-order valence-electron chi connectivity index (χ1n) is 10.4. The van der Waals surface area contributed by atoms with E-state index in [2.05, 4.69) is 16.0 Å². The molecule has 1 saturated carbocycles. The van der Waals surface area contributed by atoms with E-state index < -0.39 is 10.8 Å². The topological polar surface area (TPSA) is 113 Å². The summed E-state index contributed by atoms with van der Waals surface area (Å²) in [5.74, 6) is -0.528. The molecular weight excluding hydrogens is 428 g/mol. The molecule has 1 fully saturated rings. The number of hydrogen-bond acceptors (Lipinski definition) is 5. The van der Waals surface area contributed by atoms with Gasteiger partial charge in [0, 0.05) is 35.5 Å². The minimum atomic E-state index is -0.486. The highest BCUT2D eigenvalue weighted by molar-refractivity contribution is 7.80. The summed E-state index contributed by atoms with van der Waals surface area (Å²) in [6.07, 6.45) is 8.40. The number of anilines is 1. The van der Waals surface area contributed by atoms with Crippen LogP contribution >= 0.6 is 12.2 Å². The van der Waals surface area contributed by atoms with Gasteiger partial charge in [0.1, 0.15) is 0 Å². The smallest absolute Gasteiger partial charge is 0.269 e. The largest absolute Gasteiger partial charge is 0.349 e. The molecule has 3 rings (SSSR count). The molecular formula is C23H24N4O4S. The summed E-state index contributed by atoms with van der Waals surface area (Å²) in [5, 5.41) is 19.3. The monoisotopic (exact) mass is 452 g/mol. The van der Waals surface area contributed by atoms with Gasteiger partial charge in [-0.05, 0) is 73.1 Å². The molecule has 32 heavy (non-hydrogen) atoms. The minimum Gasteiger partial charge on any atom is -0.349 e. The lowest BCUT2D eigenvalue weighted by molar-refractivity contribution is -0.384. The Balaban J connectivity index is 1.47. The van der Waals surface area contributed by atoms with E-state index >= 15 is 0 Å². The molecule has 0 aliphatic heterocycles. The normalized spacial score (nSPS) is 14.0. The van der Waals surface area contributed by atoms with Crippen molar-refractivity contribution in [3.63, 3.8) is 0 Å². The number of non-ortho nitro benzene ring substituents is 1. The van der Waals surface area contributed by atoms with Gasteiger partial charge < -0.3 is 10.6 Å². The van der Waals surface area contributed by atoms with Crippen LogP contribution in [0.25, 0.3) is 6.08 Å². The molecule has 0 spiro atoms. The van der Waals surface area contributed by atoms with Gasteiger partial charge in [0.25, 0.3) is 11.6 Å². The molecule has 1 aliphatic rings. The van der Waals surface area contributed by atoms with Gasteiger partial charge in [-0.2, -0.15) is 0 Å². The zero-order valence-electron chi connectivity index (χ0n) is 17.4. The van der Waals surface area contributed by atoms with Crippen LogP contribution in [0.3, 0.4) is 0 Å². The summed E-state index contributed by atoms with van der Waals surface area (Å²) in [5.41, 5.74) is 1.84. The second kappa shape index (κ2) is 11.1. The molecule has 0 aromatic heterocycles. The number of carbonyl (C=O) groups is 2. The van der Waals surface area contributed by atoms with Crippen molar-refractivity contribution >= 4 is 46.6 Å². The lowest BCUT2D eigenvalue weighted by Crippen LogP contribution is -2.36. The number of rotatable bonds is 6. The summed E-state index contributed by atoms with van der Waals surface area (Å²) < 4.78 is 0. The van der Waals surface area contributed by atoms with Crippen LogP contribution in [0.4, 0.5) is 11.4 Å². The molecule has 2 aromatic carbocycles. The maximum atomic E-state index is 12.4. The predicted molar refractivity (Wildman–Crippen MR) is 127 cm³/mol. The van der Waals surface area contributed by atoms with Crippen molar-refractivity contribution in [1.82, 2.24) is 10.6 Å². The lowest BCUT2D eigenvalue weighted by atomic mass is 9.95. The number of nitrogens with one attached hydrogen (secondary N) is 3. The molecule has 166 valence electrons. The van der Waals surface area contributed by atoms with Gasteiger partial charge in [0.15, 0.2) is 5.11 Å². The van der Waals surface area contributed by atoms with E-state index in [0.29, 0.717) is 16.8 Å². The molecule has 0 saturated heterocycles. The van der Waals surface area contributed by atoms with Crippen molar-refractivity contribution in [2.45, 2.75) is 38.1 Å². The van der Waals surface area contributed by atoms with Crippen LogP contribution in [0.5, 0.6) is 0 Å². The standard InChI is InChI=1S/C23H24N4O4S/c28-21(15-8-16-6-13-20(14-7-16)27(30)31)26-23(32)25-19-11-9-17(10-12-19)22(29)24-18-4-2-1-3-5-18/h6-15,18H,1-5H2,(H,24,29)(H2,25,26,28,32)/b15-8+. The predicted octanol–water partition coefficient (Wildman–Crippen LogP) is 4.18. The van der Waals surface area contributed by atoms with Crippen molar-refractivity contribution in [2.75, 3.05) is 5.32 Å². The number of nitrogens with zero attached hydrogens (tertiary/aromatic N) is 1. The molecule has 0 radical (unpaired) electrons. The third-order valence-corrected chi connectivity index (χ3v) is 5.32. The van der Waals surface area contributed by atoms with Crippen LogP contribution in [-0.4, -0.2) is 27.9 Å². The van der Waals surface area contributed by atoms with Gasteiger partial charge in [-0.1, -0.05) is 19.3 Å². The lowest BCUT2D eigenvalue weighted by Gasteiger charge is -2.22. The summed E-state index contributed by atoms with van der Waals surface area (Å²) in [4.78, 5) is 34.6. The van der Waals surface area contributed by atoms with Crippen LogP contribution in [0, 0.1) is 10.1 Å². The number of thiocarbonyl (C=S) groups is 1. The van der Waals surface area contributed by atoms with E-state index in [1.807, 2.05) is 0 Å². The Kier molecular flexibility index (Phi) is 8.04. The van der Waals surface area contributed by atoms with Crippen LogP contribution < -0.4 is 16.0 Å². The van der Waals surface area contributed by atoms with E-state index in [1.54, 1.807) is 36.4 Å². The summed E-state index contributed by atoms with van der Waals surface area (Å²) in [7, 11) is 0. The molecule has 0 unspecified atom stereocenters. The highest BCUT2D eigenvalue weighted by Crippen LogP contribution is 2.18. The molecule has 8 nitrogen and oxygen atoms in total. The van der Waals surface area contributed by atoms with Crippen LogP contribution in [0.1, 0.15) is 48.0 Å². The molecule has 0 atom stereocenters. The zero-order valence-corrected chi connectivity index (χ0v) is 18.2. The molecule has 0 heterocycles. The van der Waals surface area contributed by atoms with Crippen LogP contribution in [0.15, 0.2) is 54.6 Å². The number of hydrogen-bond donors (Lipinski definition) is 3. The second-order valence-electron chi connectivity index (χ2n) is 7.51. The molecule has 2 aromatic rings. The van der Waals surface area contributed by atoms with E-state index in [1.165, 1.54) is 30.7 Å². The first-order valence-corrected chi connectivity index (χ1v) is 10.8. The van der Waals surface area contributed by atoms with Crippen LogP contribution in [0.2, 0.25) is 0 Å². The first kappa shape index (κ1) is 23.1. The third kappa shape index (κ3) is 6.98. The maximum Gasteiger partial charge on any atom is 0.269 e. The van der Waals surface area contributed by atoms with Gasteiger partial charge in [-0.3, -0.25) is 25.0 Å². The average Bonchev–Trinajstić information content (AvgIpc) is 2.79. The molecule has 3 N–H and O–H groups in total. The van der Waals surface area contributed by atoms with Crippen molar-refractivity contribution in [2.24, 2.45) is 0 Å². The van der Waals surface area contributed by atoms with Crippen molar-refractivity contribution in [3.05, 3.63) is 75.8 Å². The molecule has 0 bridgehead atoms. The van der Waals surface area contributed by atoms with Gasteiger partial charge in [-0.15, -0.1) is 0 Å². The Bertz CT molecular complexity index is 1010. The Hall–Kier alpha value is -3.59.